The molecule has 0 aliphatic carbocycles. The molecule has 5 nitrogen and oxygen atoms in total. The molecule has 1 aromatic carbocycles. The van der Waals surface area contributed by atoms with E-state index in [2.05, 4.69) is 12.2 Å². The second-order valence-electron chi connectivity index (χ2n) is 5.39. The summed E-state index contributed by atoms with van der Waals surface area (Å²) in [7, 11) is 4.80. The zero-order chi connectivity index (χ0) is 15.5. The van der Waals surface area contributed by atoms with Gasteiger partial charge in [0, 0.05) is 12.0 Å². The number of nitrogens with one attached hydrogen (secondary N) is 1. The molecule has 116 valence electrons. The minimum absolute atomic E-state index is 0.129. The topological polar surface area (TPSA) is 56.8 Å². The van der Waals surface area contributed by atoms with E-state index in [9.17, 15) is 4.79 Å². The number of hydrogen-bond donors (Lipinski definition) is 1. The average Bonchev–Trinajstić information content (AvgIpc) is 2.87. The lowest BCUT2D eigenvalue weighted by atomic mass is 9.86. The number of hydrogen-bond acceptors (Lipinski definition) is 4. The van der Waals surface area contributed by atoms with Crippen molar-refractivity contribution in [2.45, 2.75) is 38.1 Å². The van der Waals surface area contributed by atoms with E-state index < -0.39 is 0 Å². The Labute approximate surface area is 125 Å². The summed E-state index contributed by atoms with van der Waals surface area (Å²) >= 11 is 0. The minimum atomic E-state index is -0.165. The first-order chi connectivity index (χ1) is 10.1. The summed E-state index contributed by atoms with van der Waals surface area (Å²) in [6, 6.07) is 3.90. The van der Waals surface area contributed by atoms with Crippen LogP contribution in [0.25, 0.3) is 0 Å². The van der Waals surface area contributed by atoms with Gasteiger partial charge in [0.2, 0.25) is 11.7 Å². The zero-order valence-corrected chi connectivity index (χ0v) is 13.1. The molecule has 1 amide bonds. The Morgan fingerprint density at radius 1 is 1.14 bits per heavy atom. The molecule has 1 aliphatic heterocycles. The molecule has 1 fully saturated rings. The number of carbonyl (C=O) groups is 1. The van der Waals surface area contributed by atoms with E-state index in [4.69, 9.17) is 14.2 Å². The Hall–Kier alpha value is -1.91. The van der Waals surface area contributed by atoms with Crippen molar-refractivity contribution in [3.8, 4) is 17.2 Å². The maximum atomic E-state index is 11.6. The number of ether oxygens (including phenoxy) is 3. The zero-order valence-electron chi connectivity index (χ0n) is 13.1. The first-order valence-corrected chi connectivity index (χ1v) is 7.17. The van der Waals surface area contributed by atoms with Gasteiger partial charge in [0.15, 0.2) is 11.5 Å². The molecule has 1 unspecified atom stereocenters. The molecule has 1 aliphatic rings. The van der Waals surface area contributed by atoms with Gasteiger partial charge in [-0.3, -0.25) is 4.79 Å². The molecule has 1 N–H and O–H groups in total. The van der Waals surface area contributed by atoms with Crippen LogP contribution in [0.3, 0.4) is 0 Å². The molecule has 2 rings (SSSR count). The van der Waals surface area contributed by atoms with Gasteiger partial charge in [-0.15, -0.1) is 0 Å². The van der Waals surface area contributed by atoms with Crippen LogP contribution in [-0.4, -0.2) is 32.8 Å². The van der Waals surface area contributed by atoms with Gasteiger partial charge in [-0.25, -0.2) is 0 Å². The molecule has 21 heavy (non-hydrogen) atoms. The maximum Gasteiger partial charge on any atom is 0.220 e. The molecule has 1 aromatic rings. The number of methoxy groups -OCH3 is 3. The maximum absolute atomic E-state index is 11.6. The molecule has 1 heterocycles. The van der Waals surface area contributed by atoms with Crippen molar-refractivity contribution < 1.29 is 19.0 Å². The van der Waals surface area contributed by atoms with Crippen LogP contribution in [0.5, 0.6) is 17.2 Å². The molecular formula is C16H23NO4. The van der Waals surface area contributed by atoms with E-state index in [1.54, 1.807) is 21.3 Å². The molecule has 0 saturated carbocycles. The lowest BCUT2D eigenvalue weighted by Crippen LogP contribution is -2.42. The number of carbonyl (C=O) groups excluding carboxylic acids is 1. The quantitative estimate of drug-likeness (QED) is 0.874. The van der Waals surface area contributed by atoms with Crippen molar-refractivity contribution in [2.24, 2.45) is 0 Å². The third-order valence-corrected chi connectivity index (χ3v) is 4.18. The predicted octanol–water partition coefficient (Wildman–Crippen LogP) is 2.31. The summed E-state index contributed by atoms with van der Waals surface area (Å²) in [4.78, 5) is 11.6. The van der Waals surface area contributed by atoms with Crippen LogP contribution in [0.15, 0.2) is 12.1 Å². The third-order valence-electron chi connectivity index (χ3n) is 4.18. The highest BCUT2D eigenvalue weighted by Crippen LogP contribution is 2.40. The Kier molecular flexibility index (Phi) is 4.60. The summed E-state index contributed by atoms with van der Waals surface area (Å²) in [6.07, 6.45) is 3.11. The Morgan fingerprint density at radius 3 is 2.14 bits per heavy atom. The second kappa shape index (κ2) is 6.24. The SMILES string of the molecule is CCC1(Cc2cc(OC)c(OC)c(OC)c2)CCC(=O)N1. The smallest absolute Gasteiger partial charge is 0.220 e. The standard InChI is InChI=1S/C16H23NO4/c1-5-16(7-6-14(18)17-16)10-11-8-12(19-2)15(21-4)13(9-11)20-3/h8-9H,5-7,10H2,1-4H3,(H,17,18). The highest BCUT2D eigenvalue weighted by atomic mass is 16.5. The predicted molar refractivity (Wildman–Crippen MR) is 80.2 cm³/mol. The van der Waals surface area contributed by atoms with Crippen LogP contribution < -0.4 is 19.5 Å². The van der Waals surface area contributed by atoms with Crippen molar-refractivity contribution in [3.05, 3.63) is 17.7 Å². The van der Waals surface area contributed by atoms with Crippen molar-refractivity contribution in [3.63, 3.8) is 0 Å². The van der Waals surface area contributed by atoms with Gasteiger partial charge >= 0.3 is 0 Å². The average molecular weight is 293 g/mol. The van der Waals surface area contributed by atoms with Gasteiger partial charge in [0.25, 0.3) is 0 Å². The lowest BCUT2D eigenvalue weighted by molar-refractivity contribution is -0.119. The van der Waals surface area contributed by atoms with Gasteiger partial charge in [-0.05, 0) is 37.0 Å². The second-order valence-corrected chi connectivity index (χ2v) is 5.39. The largest absolute Gasteiger partial charge is 0.493 e. The van der Waals surface area contributed by atoms with E-state index in [1.807, 2.05) is 12.1 Å². The molecule has 0 radical (unpaired) electrons. The molecule has 0 aromatic heterocycles. The molecule has 5 heteroatoms. The first kappa shape index (κ1) is 15.5. The van der Waals surface area contributed by atoms with Gasteiger partial charge in [0.05, 0.1) is 21.3 Å². The molecular weight excluding hydrogens is 270 g/mol. The molecule has 1 saturated heterocycles. The van der Waals surface area contributed by atoms with Crippen LogP contribution in [0, 0.1) is 0 Å². The molecule has 0 spiro atoms. The highest BCUT2D eigenvalue weighted by molar-refractivity contribution is 5.79. The van der Waals surface area contributed by atoms with E-state index in [0.29, 0.717) is 23.7 Å². The summed E-state index contributed by atoms with van der Waals surface area (Å²) in [6.45, 7) is 2.10. The Bertz CT molecular complexity index is 504. The van der Waals surface area contributed by atoms with E-state index in [-0.39, 0.29) is 11.4 Å². The Balaban J connectivity index is 2.33. The summed E-state index contributed by atoms with van der Waals surface area (Å²) < 4.78 is 16.1. The molecule has 0 bridgehead atoms. The molecule has 1 atom stereocenters. The van der Waals surface area contributed by atoms with Crippen LogP contribution in [0.1, 0.15) is 31.7 Å². The van der Waals surface area contributed by atoms with Crippen LogP contribution >= 0.6 is 0 Å². The van der Waals surface area contributed by atoms with Crippen LogP contribution in [0.2, 0.25) is 0 Å². The van der Waals surface area contributed by atoms with E-state index >= 15 is 0 Å². The summed E-state index contributed by atoms with van der Waals surface area (Å²) in [5, 5.41) is 3.12. The summed E-state index contributed by atoms with van der Waals surface area (Å²) in [5.74, 6) is 2.00. The fraction of sp³-hybridized carbons (Fsp3) is 0.562. The normalized spacial score (nSPS) is 21.0. The van der Waals surface area contributed by atoms with Crippen LogP contribution in [0.4, 0.5) is 0 Å². The highest BCUT2D eigenvalue weighted by Gasteiger charge is 2.36. The number of amides is 1. The first-order valence-electron chi connectivity index (χ1n) is 7.17. The number of rotatable bonds is 6. The van der Waals surface area contributed by atoms with Crippen molar-refractivity contribution in [2.75, 3.05) is 21.3 Å². The fourth-order valence-electron chi connectivity index (χ4n) is 2.92. The van der Waals surface area contributed by atoms with Crippen molar-refractivity contribution in [1.82, 2.24) is 5.32 Å². The minimum Gasteiger partial charge on any atom is -0.493 e. The number of benzene rings is 1. The fourth-order valence-corrected chi connectivity index (χ4v) is 2.92. The van der Waals surface area contributed by atoms with Crippen molar-refractivity contribution in [1.29, 1.82) is 0 Å². The van der Waals surface area contributed by atoms with Gasteiger partial charge in [-0.1, -0.05) is 6.92 Å². The van der Waals surface area contributed by atoms with Crippen molar-refractivity contribution >= 4 is 5.91 Å². The van der Waals surface area contributed by atoms with E-state index in [1.165, 1.54) is 0 Å². The van der Waals surface area contributed by atoms with Gasteiger partial charge in [-0.2, -0.15) is 0 Å². The Morgan fingerprint density at radius 2 is 1.76 bits per heavy atom. The van der Waals surface area contributed by atoms with Gasteiger partial charge < -0.3 is 19.5 Å². The third kappa shape index (κ3) is 3.06. The monoisotopic (exact) mass is 293 g/mol. The van der Waals surface area contributed by atoms with Gasteiger partial charge in [0.1, 0.15) is 0 Å². The summed E-state index contributed by atoms with van der Waals surface area (Å²) in [5.41, 5.74) is 0.898. The van der Waals surface area contributed by atoms with Crippen LogP contribution in [-0.2, 0) is 11.2 Å². The van der Waals surface area contributed by atoms with E-state index in [0.717, 1.165) is 24.8 Å². The lowest BCUT2D eigenvalue weighted by Gasteiger charge is -2.28.